The van der Waals surface area contributed by atoms with Crippen LogP contribution in [0.25, 0.3) is 0 Å². The molecule has 4 aliphatic carbocycles. The summed E-state index contributed by atoms with van der Waals surface area (Å²) in [6.07, 6.45) is 8.66. The van der Waals surface area contributed by atoms with Gasteiger partial charge < -0.3 is 10.0 Å². The number of amides is 3. The Kier molecular flexibility index (Phi) is 3.85. The number of carbonyl (C=O) groups excluding carboxylic acids is 3. The van der Waals surface area contributed by atoms with Crippen molar-refractivity contribution in [3.8, 4) is 0 Å². The molecule has 2 N–H and O–H groups in total. The maximum absolute atomic E-state index is 13.7. The maximum atomic E-state index is 13.7. The predicted octanol–water partition coefficient (Wildman–Crippen LogP) is 2.14. The van der Waals surface area contributed by atoms with Crippen molar-refractivity contribution in [1.29, 1.82) is 0 Å². The van der Waals surface area contributed by atoms with Crippen LogP contribution in [0.2, 0.25) is 0 Å². The zero-order valence-electron chi connectivity index (χ0n) is 16.9. The van der Waals surface area contributed by atoms with Crippen LogP contribution in [-0.4, -0.2) is 46.4 Å². The Hall–Kier alpha value is -1.43. The summed E-state index contributed by atoms with van der Waals surface area (Å²) in [6, 6.07) is 0. The molecule has 2 heterocycles. The number of nitrogens with one attached hydrogen (secondary N) is 1. The second kappa shape index (κ2) is 5.80. The molecule has 6 fully saturated rings. The third kappa shape index (κ3) is 2.74. The van der Waals surface area contributed by atoms with E-state index in [1.54, 1.807) is 0 Å². The lowest BCUT2D eigenvalue weighted by Crippen LogP contribution is -2.64. The summed E-state index contributed by atoms with van der Waals surface area (Å²) in [6.45, 7) is 3.47. The van der Waals surface area contributed by atoms with Crippen LogP contribution in [-0.2, 0) is 14.4 Å². The number of imide groups is 1. The van der Waals surface area contributed by atoms with Crippen molar-refractivity contribution in [3.63, 3.8) is 0 Å². The fraction of sp³-hybridized carbons (Fsp3) is 0.864. The van der Waals surface area contributed by atoms with E-state index < -0.39 is 11.0 Å². The highest BCUT2D eigenvalue weighted by Crippen LogP contribution is 2.68. The smallest absolute Gasteiger partial charge is 0.228 e. The molecule has 6 rings (SSSR count). The molecule has 0 radical (unpaired) electrons. The normalized spacial score (nSPS) is 44.1. The van der Waals surface area contributed by atoms with Gasteiger partial charge in [0.15, 0.2) is 0 Å². The van der Waals surface area contributed by atoms with Crippen molar-refractivity contribution in [1.82, 2.24) is 10.2 Å². The van der Waals surface area contributed by atoms with Gasteiger partial charge in [-0.3, -0.25) is 19.7 Å². The summed E-state index contributed by atoms with van der Waals surface area (Å²) in [5, 5.41) is 13.6. The summed E-state index contributed by atoms with van der Waals surface area (Å²) in [5.41, 5.74) is -1.18. The molecule has 4 saturated carbocycles. The van der Waals surface area contributed by atoms with Gasteiger partial charge in [0.1, 0.15) is 0 Å². The quantitative estimate of drug-likeness (QED) is 0.710. The third-order valence-electron chi connectivity index (χ3n) is 8.82. The zero-order valence-corrected chi connectivity index (χ0v) is 16.9. The van der Waals surface area contributed by atoms with E-state index in [0.717, 1.165) is 44.9 Å². The van der Waals surface area contributed by atoms with E-state index in [9.17, 15) is 19.5 Å². The lowest BCUT2D eigenvalue weighted by Gasteiger charge is -2.65. The minimum absolute atomic E-state index is 0.134. The van der Waals surface area contributed by atoms with Crippen molar-refractivity contribution < 1.29 is 19.5 Å². The molecule has 6 aliphatic rings. The Morgan fingerprint density at radius 3 is 2.36 bits per heavy atom. The number of aliphatic hydroxyl groups is 1. The molecule has 154 valence electrons. The van der Waals surface area contributed by atoms with Gasteiger partial charge in [-0.15, -0.1) is 0 Å². The van der Waals surface area contributed by atoms with Gasteiger partial charge >= 0.3 is 0 Å². The Labute approximate surface area is 166 Å². The second-order valence-electron chi connectivity index (χ2n) is 11.0. The number of likely N-dealkylation sites (tertiary alicyclic amines) is 1. The molecule has 4 bridgehead atoms. The van der Waals surface area contributed by atoms with Crippen molar-refractivity contribution in [2.24, 2.45) is 22.2 Å². The number of nitrogens with zero attached hydrogens (tertiary/aromatic N) is 1. The predicted molar refractivity (Wildman–Crippen MR) is 102 cm³/mol. The molecule has 0 aromatic carbocycles. The largest absolute Gasteiger partial charge is 0.390 e. The summed E-state index contributed by atoms with van der Waals surface area (Å²) in [4.78, 5) is 39.4. The highest BCUT2D eigenvalue weighted by molar-refractivity contribution is 5.98. The topological polar surface area (TPSA) is 86.7 Å². The van der Waals surface area contributed by atoms with Gasteiger partial charge in [0.2, 0.25) is 17.7 Å². The van der Waals surface area contributed by atoms with Crippen LogP contribution in [0.1, 0.15) is 77.6 Å². The molecule has 6 heteroatoms. The molecule has 28 heavy (non-hydrogen) atoms. The lowest BCUT2D eigenvalue weighted by molar-refractivity contribution is -0.210. The van der Waals surface area contributed by atoms with Gasteiger partial charge in [0, 0.05) is 25.9 Å². The van der Waals surface area contributed by atoms with Gasteiger partial charge in [0.25, 0.3) is 0 Å². The van der Waals surface area contributed by atoms with E-state index in [2.05, 4.69) is 12.2 Å². The maximum Gasteiger partial charge on any atom is 0.228 e. The summed E-state index contributed by atoms with van der Waals surface area (Å²) < 4.78 is 0. The first kappa shape index (κ1) is 18.6. The first-order chi connectivity index (χ1) is 13.2. The van der Waals surface area contributed by atoms with E-state index in [0.29, 0.717) is 38.3 Å². The highest BCUT2D eigenvalue weighted by atomic mass is 16.3. The van der Waals surface area contributed by atoms with Gasteiger partial charge in [-0.1, -0.05) is 13.3 Å². The molecule has 6 nitrogen and oxygen atoms in total. The fourth-order valence-corrected chi connectivity index (χ4v) is 8.08. The van der Waals surface area contributed by atoms with Crippen LogP contribution in [0.15, 0.2) is 0 Å². The van der Waals surface area contributed by atoms with Gasteiger partial charge in [-0.2, -0.15) is 0 Å². The van der Waals surface area contributed by atoms with Crippen LogP contribution in [0.3, 0.4) is 0 Å². The van der Waals surface area contributed by atoms with Crippen molar-refractivity contribution >= 4 is 17.7 Å². The molecular formula is C22H32N2O4. The standard InChI is InChI=1S/C22H32N2O4/c1-2-19-7-15-8-21(12-19,14-22(28,9-15)13-19)18(27)24-5-3-20(4-6-24)10-16(25)23-17(26)11-20/h15,28H,2-14H2,1H3,(H,23,25,26). The molecule has 3 amide bonds. The third-order valence-corrected chi connectivity index (χ3v) is 8.82. The number of hydrogen-bond donors (Lipinski definition) is 2. The molecule has 0 aromatic rings. The average molecular weight is 389 g/mol. The van der Waals surface area contributed by atoms with Crippen molar-refractivity contribution in [2.45, 2.75) is 83.2 Å². The highest BCUT2D eigenvalue weighted by Gasteiger charge is 2.65. The van der Waals surface area contributed by atoms with Crippen molar-refractivity contribution in [2.75, 3.05) is 13.1 Å². The van der Waals surface area contributed by atoms with E-state index in [1.165, 1.54) is 6.42 Å². The summed E-state index contributed by atoms with van der Waals surface area (Å²) >= 11 is 0. The molecule has 1 spiro atoms. The first-order valence-electron chi connectivity index (χ1n) is 11.0. The average Bonchev–Trinajstić information content (AvgIpc) is 2.59. The molecule has 0 aromatic heterocycles. The zero-order chi connectivity index (χ0) is 19.8. The number of hydrogen-bond acceptors (Lipinski definition) is 4. The fourth-order valence-electron chi connectivity index (χ4n) is 8.08. The van der Waals surface area contributed by atoms with Crippen LogP contribution >= 0.6 is 0 Å². The van der Waals surface area contributed by atoms with Gasteiger partial charge in [-0.25, -0.2) is 0 Å². The summed E-state index contributed by atoms with van der Waals surface area (Å²) in [5.74, 6) is 0.351. The Bertz CT molecular complexity index is 725. The monoisotopic (exact) mass is 388 g/mol. The van der Waals surface area contributed by atoms with E-state index in [1.807, 2.05) is 4.90 Å². The molecule has 4 atom stereocenters. The first-order valence-corrected chi connectivity index (χ1v) is 11.0. The van der Waals surface area contributed by atoms with Crippen molar-refractivity contribution in [3.05, 3.63) is 0 Å². The minimum atomic E-state index is -0.657. The molecule has 4 unspecified atom stereocenters. The van der Waals surface area contributed by atoms with Crippen LogP contribution in [0.4, 0.5) is 0 Å². The summed E-state index contributed by atoms with van der Waals surface area (Å²) in [7, 11) is 0. The van der Waals surface area contributed by atoms with Gasteiger partial charge in [-0.05, 0) is 68.1 Å². The lowest BCUT2D eigenvalue weighted by atomic mass is 9.42. The SMILES string of the molecule is CCC12CC3CC(O)(C1)CC(C(=O)N1CCC4(CC1)CC(=O)NC(=O)C4)(C3)C2. The van der Waals surface area contributed by atoms with Crippen LogP contribution < -0.4 is 5.32 Å². The molecule has 2 aliphatic heterocycles. The van der Waals surface area contributed by atoms with Crippen LogP contribution in [0, 0.1) is 22.2 Å². The van der Waals surface area contributed by atoms with Gasteiger partial charge in [0.05, 0.1) is 11.0 Å². The second-order valence-corrected chi connectivity index (χ2v) is 11.0. The van der Waals surface area contributed by atoms with E-state index in [-0.39, 0.29) is 28.6 Å². The van der Waals surface area contributed by atoms with Crippen LogP contribution in [0.5, 0.6) is 0 Å². The number of carbonyl (C=O) groups is 3. The minimum Gasteiger partial charge on any atom is -0.390 e. The number of piperidine rings is 2. The van der Waals surface area contributed by atoms with E-state index >= 15 is 0 Å². The molecular weight excluding hydrogens is 356 g/mol. The Morgan fingerprint density at radius 1 is 1.07 bits per heavy atom. The Morgan fingerprint density at radius 2 is 1.75 bits per heavy atom. The number of rotatable bonds is 2. The van der Waals surface area contributed by atoms with E-state index in [4.69, 9.17) is 0 Å². The Balaban J connectivity index is 1.34. The molecule has 2 saturated heterocycles.